The number of hydrogen-bond donors (Lipinski definition) is 4. The van der Waals surface area contributed by atoms with Gasteiger partial charge in [0.05, 0.1) is 27.3 Å². The van der Waals surface area contributed by atoms with Gasteiger partial charge in [0.25, 0.3) is 0 Å². The zero-order valence-electron chi connectivity index (χ0n) is 16.3. The Balaban J connectivity index is -0.000000123. The van der Waals surface area contributed by atoms with Crippen molar-refractivity contribution in [1.29, 1.82) is 0 Å². The van der Waals surface area contributed by atoms with Gasteiger partial charge in [-0.05, 0) is 27.2 Å². The van der Waals surface area contributed by atoms with Gasteiger partial charge in [0.2, 0.25) is 0 Å². The average Bonchev–Trinajstić information content (AvgIpc) is 2.47. The van der Waals surface area contributed by atoms with Crippen LogP contribution in [0.15, 0.2) is 0 Å². The number of quaternary nitrogens is 2. The monoisotopic (exact) mass is 372 g/mol. The first kappa shape index (κ1) is 31.5. The largest absolute Gasteiger partial charge is 0.550 e. The van der Waals surface area contributed by atoms with Gasteiger partial charge in [0, 0.05) is 11.9 Å². The second kappa shape index (κ2) is 19.0. The van der Waals surface area contributed by atoms with Crippen molar-refractivity contribution in [2.75, 3.05) is 53.5 Å². The number of hydrogen-bond acceptors (Lipinski definition) is 8. The highest BCUT2D eigenvalue weighted by atomic mass is 16.5. The highest BCUT2D eigenvalue weighted by molar-refractivity contribution is 5.63. The minimum Gasteiger partial charge on any atom is -0.550 e. The van der Waals surface area contributed by atoms with Gasteiger partial charge in [0.15, 0.2) is 0 Å². The average molecular weight is 372 g/mol. The van der Waals surface area contributed by atoms with E-state index in [4.69, 9.17) is 25.3 Å². The Morgan fingerprint density at radius 2 is 1.16 bits per heavy atom. The summed E-state index contributed by atoms with van der Waals surface area (Å²) in [5.74, 6) is -2.08. The van der Waals surface area contributed by atoms with Crippen molar-refractivity contribution in [1.82, 2.24) is 0 Å². The van der Waals surface area contributed by atoms with E-state index >= 15 is 0 Å². The standard InChI is InChI=1S/C6H16NO2.C4H12NO2.C3H6O2.C2H4O2/c1-3-7(9,4-2)5-6-8;1-5(2,7)3-4-6;1-2-3(4)5;1-2(3)4/h8-9H,3-6H2,1-2H3;6-7H,3-4H2,1-2H3;2H2,1H3,(H,4,5);1H3,(H,3,4)/q2*+1;;/p-2. The summed E-state index contributed by atoms with van der Waals surface area (Å²) >= 11 is 0. The summed E-state index contributed by atoms with van der Waals surface area (Å²) < 4.78 is -0.174. The Morgan fingerprint density at radius 1 is 0.880 bits per heavy atom. The van der Waals surface area contributed by atoms with Crippen molar-refractivity contribution < 1.29 is 49.7 Å². The third kappa shape index (κ3) is 45.0. The van der Waals surface area contributed by atoms with E-state index in [1.807, 2.05) is 13.8 Å². The fourth-order valence-corrected chi connectivity index (χ4v) is 0.971. The lowest BCUT2D eigenvalue weighted by Crippen LogP contribution is -2.46. The molecule has 25 heavy (non-hydrogen) atoms. The van der Waals surface area contributed by atoms with Crippen molar-refractivity contribution in [3.8, 4) is 0 Å². The maximum Gasteiger partial charge on any atom is 0.132 e. The van der Waals surface area contributed by atoms with Gasteiger partial charge < -0.3 is 30.0 Å². The first-order chi connectivity index (χ1) is 11.2. The zero-order chi connectivity index (χ0) is 21.1. The highest BCUT2D eigenvalue weighted by Crippen LogP contribution is 1.97. The van der Waals surface area contributed by atoms with E-state index in [1.165, 1.54) is 6.92 Å². The molecular weight excluding hydrogens is 336 g/mol. The zero-order valence-corrected chi connectivity index (χ0v) is 16.3. The number of aliphatic carboxylic acids is 2. The highest BCUT2D eigenvalue weighted by Gasteiger charge is 2.18. The van der Waals surface area contributed by atoms with E-state index in [0.717, 1.165) is 6.92 Å². The van der Waals surface area contributed by atoms with Crippen molar-refractivity contribution >= 4 is 11.9 Å². The fourth-order valence-electron chi connectivity index (χ4n) is 0.971. The molecule has 0 saturated carbocycles. The van der Waals surface area contributed by atoms with E-state index in [2.05, 4.69) is 0 Å². The normalized spacial score (nSPS) is 10.2. The van der Waals surface area contributed by atoms with Crippen molar-refractivity contribution in [2.45, 2.75) is 34.1 Å². The van der Waals surface area contributed by atoms with E-state index in [9.17, 15) is 15.1 Å². The fraction of sp³-hybridized carbons (Fsp3) is 0.867. The molecule has 0 unspecified atom stereocenters. The lowest BCUT2D eigenvalue weighted by molar-refractivity contribution is -1.10. The van der Waals surface area contributed by atoms with E-state index in [0.29, 0.717) is 26.2 Å². The molecule has 0 aliphatic rings. The van der Waals surface area contributed by atoms with Crippen LogP contribution >= 0.6 is 0 Å². The molecule has 0 aromatic heterocycles. The molecule has 0 aromatic rings. The molecule has 10 heteroatoms. The van der Waals surface area contributed by atoms with Gasteiger partial charge in [-0.1, -0.05) is 6.92 Å². The minimum absolute atomic E-state index is 0.0174. The molecule has 0 bridgehead atoms. The topological polar surface area (TPSA) is 161 Å². The van der Waals surface area contributed by atoms with Crippen LogP contribution in [0.2, 0.25) is 0 Å². The third-order valence-electron chi connectivity index (χ3n) is 2.63. The van der Waals surface area contributed by atoms with E-state index < -0.39 is 11.9 Å². The lowest BCUT2D eigenvalue weighted by atomic mass is 10.5. The second-order valence-electron chi connectivity index (χ2n) is 5.46. The number of carbonyl (C=O) groups is 2. The number of hydroxylamine groups is 6. The van der Waals surface area contributed by atoms with Crippen LogP contribution < -0.4 is 10.2 Å². The van der Waals surface area contributed by atoms with Gasteiger partial charge in [-0.15, -0.1) is 0 Å². The van der Waals surface area contributed by atoms with Crippen LogP contribution in [-0.2, 0) is 9.59 Å². The Bertz CT molecular complexity index is 311. The number of carboxylic acid groups (broad SMARTS) is 2. The molecule has 154 valence electrons. The number of rotatable bonds is 7. The Hall–Kier alpha value is -1.30. The molecule has 0 radical (unpaired) electrons. The summed E-state index contributed by atoms with van der Waals surface area (Å²) in [5.41, 5.74) is 0. The van der Waals surface area contributed by atoms with Crippen LogP contribution in [0, 0.1) is 0 Å². The molecular formula is C15H36N2O8. The molecule has 0 aliphatic heterocycles. The predicted molar refractivity (Wildman–Crippen MR) is 86.9 cm³/mol. The molecule has 4 N–H and O–H groups in total. The Morgan fingerprint density at radius 3 is 1.20 bits per heavy atom. The van der Waals surface area contributed by atoms with Crippen LogP contribution in [0.4, 0.5) is 0 Å². The van der Waals surface area contributed by atoms with Gasteiger partial charge in [-0.2, -0.15) is 9.29 Å². The molecule has 0 amide bonds. The van der Waals surface area contributed by atoms with Crippen LogP contribution in [0.5, 0.6) is 0 Å². The summed E-state index contributed by atoms with van der Waals surface area (Å²) in [5, 5.41) is 53.1. The summed E-state index contributed by atoms with van der Waals surface area (Å²) in [6.45, 7) is 8.55. The summed E-state index contributed by atoms with van der Waals surface area (Å²) in [7, 11) is 3.21. The minimum atomic E-state index is -1.08. The Kier molecular flexibility index (Phi) is 24.0. The molecule has 10 nitrogen and oxygen atoms in total. The molecule has 0 heterocycles. The van der Waals surface area contributed by atoms with Crippen molar-refractivity contribution in [2.24, 2.45) is 0 Å². The molecule has 0 fully saturated rings. The SMILES string of the molecule is CC(=O)[O-].CCC(=O)[O-].CC[N+](O)(CC)CCO.C[N+](C)(O)CCO. The summed E-state index contributed by atoms with van der Waals surface area (Å²) in [6, 6.07) is 0. The molecule has 0 aromatic carbocycles. The first-order valence-electron chi connectivity index (χ1n) is 7.98. The number of aliphatic hydroxyl groups is 2. The van der Waals surface area contributed by atoms with E-state index in [-0.39, 0.29) is 28.9 Å². The number of likely N-dealkylation sites (N-methyl/N-ethyl adjacent to an activating group) is 2. The molecule has 0 aliphatic carbocycles. The maximum absolute atomic E-state index is 9.41. The molecule has 0 atom stereocenters. The maximum atomic E-state index is 9.41. The summed E-state index contributed by atoms with van der Waals surface area (Å²) in [4.78, 5) is 18.1. The van der Waals surface area contributed by atoms with Gasteiger partial charge in [-0.25, -0.2) is 10.4 Å². The number of carboxylic acids is 2. The summed E-state index contributed by atoms with van der Waals surface area (Å²) in [6.07, 6.45) is 0.111. The second-order valence-corrected chi connectivity index (χ2v) is 5.46. The molecule has 0 saturated heterocycles. The van der Waals surface area contributed by atoms with Crippen LogP contribution in [0.1, 0.15) is 34.1 Å². The predicted octanol–water partition coefficient (Wildman–Crippen LogP) is -2.43. The van der Waals surface area contributed by atoms with Gasteiger partial charge in [-0.3, -0.25) is 0 Å². The van der Waals surface area contributed by atoms with Crippen molar-refractivity contribution in [3.63, 3.8) is 0 Å². The smallest absolute Gasteiger partial charge is 0.132 e. The van der Waals surface area contributed by atoms with Gasteiger partial charge in [0.1, 0.15) is 26.2 Å². The first-order valence-corrected chi connectivity index (χ1v) is 7.98. The van der Waals surface area contributed by atoms with Crippen LogP contribution in [0.3, 0.4) is 0 Å². The molecule has 0 rings (SSSR count). The lowest BCUT2D eigenvalue weighted by Gasteiger charge is -2.26. The third-order valence-corrected chi connectivity index (χ3v) is 2.63. The molecule has 0 spiro atoms. The van der Waals surface area contributed by atoms with Gasteiger partial charge >= 0.3 is 0 Å². The number of aliphatic hydroxyl groups excluding tert-OH is 2. The van der Waals surface area contributed by atoms with E-state index in [1.54, 1.807) is 14.1 Å². The van der Waals surface area contributed by atoms with Crippen molar-refractivity contribution in [3.05, 3.63) is 0 Å². The van der Waals surface area contributed by atoms with Crippen LogP contribution in [-0.4, -0.2) is 95.3 Å². The van der Waals surface area contributed by atoms with Crippen LogP contribution in [0.25, 0.3) is 0 Å². The number of carbonyl (C=O) groups excluding carboxylic acids is 2. The Labute approximate surface area is 150 Å². The quantitative estimate of drug-likeness (QED) is 0.283. The number of nitrogens with zero attached hydrogens (tertiary/aromatic N) is 2.